The predicted molar refractivity (Wildman–Crippen MR) is 90.6 cm³/mol. The molecule has 21 heavy (non-hydrogen) atoms. The Labute approximate surface area is 131 Å². The average Bonchev–Trinajstić information content (AvgIpc) is 2.25. The molecule has 0 bridgehead atoms. The number of piperidine rings is 1. The van der Waals surface area contributed by atoms with Crippen LogP contribution in [-0.4, -0.2) is 22.2 Å². The molecule has 1 unspecified atom stereocenters. The SMILES string of the molecule is CC1CC(C)(C)NC(C)(C)C1.CCCCC(CC)C(=O)O. The molecular formula is C18H37NO2. The molecule has 1 aliphatic heterocycles. The van der Waals surface area contributed by atoms with Gasteiger partial charge in [-0.05, 0) is 59.3 Å². The minimum absolute atomic E-state index is 0.111. The highest BCUT2D eigenvalue weighted by atomic mass is 16.4. The van der Waals surface area contributed by atoms with Crippen LogP contribution in [0, 0.1) is 11.8 Å². The van der Waals surface area contributed by atoms with Crippen molar-refractivity contribution in [1.29, 1.82) is 0 Å². The number of nitrogens with one attached hydrogen (secondary N) is 1. The Hall–Kier alpha value is -0.570. The van der Waals surface area contributed by atoms with Crippen molar-refractivity contribution in [3.8, 4) is 0 Å². The fourth-order valence-corrected chi connectivity index (χ4v) is 3.79. The lowest BCUT2D eigenvalue weighted by Gasteiger charge is -2.45. The standard InChI is InChI=1S/C10H21N.C8H16O2/c1-8-6-9(2,3)11-10(4,5)7-8;1-3-5-6-7(4-2)8(9)10/h8,11H,6-7H2,1-5H3;7H,3-6H2,1-2H3,(H,9,10). The molecule has 1 rings (SSSR count). The van der Waals surface area contributed by atoms with Crippen molar-refractivity contribution in [1.82, 2.24) is 5.32 Å². The number of carboxylic acid groups (broad SMARTS) is 1. The van der Waals surface area contributed by atoms with Crippen molar-refractivity contribution < 1.29 is 9.90 Å². The number of hydrogen-bond donors (Lipinski definition) is 2. The van der Waals surface area contributed by atoms with E-state index in [-0.39, 0.29) is 5.92 Å². The summed E-state index contributed by atoms with van der Waals surface area (Å²) in [6.45, 7) is 15.5. The molecule has 3 nitrogen and oxygen atoms in total. The molecule has 126 valence electrons. The first-order valence-electron chi connectivity index (χ1n) is 8.55. The van der Waals surface area contributed by atoms with Gasteiger partial charge in [0.05, 0.1) is 5.92 Å². The highest BCUT2D eigenvalue weighted by Gasteiger charge is 2.35. The maximum Gasteiger partial charge on any atom is 0.306 e. The summed E-state index contributed by atoms with van der Waals surface area (Å²) in [6, 6.07) is 0. The van der Waals surface area contributed by atoms with E-state index in [2.05, 4.69) is 46.9 Å². The third-order valence-corrected chi connectivity index (χ3v) is 4.14. The van der Waals surface area contributed by atoms with Crippen LogP contribution < -0.4 is 5.32 Å². The normalized spacial score (nSPS) is 22.0. The summed E-state index contributed by atoms with van der Waals surface area (Å²) in [5.41, 5.74) is 0.669. The van der Waals surface area contributed by atoms with E-state index < -0.39 is 5.97 Å². The molecule has 0 radical (unpaired) electrons. The lowest BCUT2D eigenvalue weighted by atomic mass is 9.77. The highest BCUT2D eigenvalue weighted by molar-refractivity contribution is 5.69. The van der Waals surface area contributed by atoms with Gasteiger partial charge in [-0.25, -0.2) is 0 Å². The van der Waals surface area contributed by atoms with Crippen molar-refractivity contribution in [2.24, 2.45) is 11.8 Å². The zero-order chi connectivity index (χ0) is 16.7. The molecule has 0 aliphatic carbocycles. The second-order valence-electron chi connectivity index (χ2n) is 7.99. The molecule has 0 amide bonds. The maximum absolute atomic E-state index is 10.4. The second kappa shape index (κ2) is 8.77. The van der Waals surface area contributed by atoms with Gasteiger partial charge in [-0.2, -0.15) is 0 Å². The Bertz CT molecular complexity index is 294. The van der Waals surface area contributed by atoms with Gasteiger partial charge in [-0.15, -0.1) is 0 Å². The number of carboxylic acids is 1. The Morgan fingerprint density at radius 2 is 1.67 bits per heavy atom. The molecule has 3 heteroatoms. The van der Waals surface area contributed by atoms with Crippen LogP contribution in [0.4, 0.5) is 0 Å². The van der Waals surface area contributed by atoms with E-state index in [0.717, 1.165) is 31.6 Å². The first kappa shape index (κ1) is 20.4. The number of unbranched alkanes of at least 4 members (excludes halogenated alkanes) is 1. The van der Waals surface area contributed by atoms with Gasteiger partial charge in [0.15, 0.2) is 0 Å². The third-order valence-electron chi connectivity index (χ3n) is 4.14. The van der Waals surface area contributed by atoms with Crippen LogP contribution in [0.25, 0.3) is 0 Å². The summed E-state index contributed by atoms with van der Waals surface area (Å²) in [7, 11) is 0. The summed E-state index contributed by atoms with van der Waals surface area (Å²) in [4.78, 5) is 10.4. The van der Waals surface area contributed by atoms with Crippen LogP contribution in [0.1, 0.15) is 87.0 Å². The first-order chi connectivity index (χ1) is 9.53. The van der Waals surface area contributed by atoms with Crippen molar-refractivity contribution in [3.05, 3.63) is 0 Å². The van der Waals surface area contributed by atoms with E-state index in [4.69, 9.17) is 5.11 Å². The zero-order valence-electron chi connectivity index (χ0n) is 15.3. The lowest BCUT2D eigenvalue weighted by molar-refractivity contribution is -0.142. The van der Waals surface area contributed by atoms with Crippen LogP contribution in [0.5, 0.6) is 0 Å². The molecule has 2 N–H and O–H groups in total. The zero-order valence-corrected chi connectivity index (χ0v) is 15.3. The fourth-order valence-electron chi connectivity index (χ4n) is 3.79. The molecule has 1 aliphatic rings. The molecule has 1 fully saturated rings. The van der Waals surface area contributed by atoms with Crippen molar-refractivity contribution in [2.75, 3.05) is 0 Å². The first-order valence-corrected chi connectivity index (χ1v) is 8.55. The number of carbonyl (C=O) groups is 1. The molecule has 0 aromatic rings. The van der Waals surface area contributed by atoms with Crippen LogP contribution in [0.2, 0.25) is 0 Å². The molecule has 1 saturated heterocycles. The number of hydrogen-bond acceptors (Lipinski definition) is 2. The summed E-state index contributed by atoms with van der Waals surface area (Å²) >= 11 is 0. The summed E-state index contributed by atoms with van der Waals surface area (Å²) < 4.78 is 0. The van der Waals surface area contributed by atoms with Crippen LogP contribution >= 0.6 is 0 Å². The topological polar surface area (TPSA) is 49.3 Å². The Morgan fingerprint density at radius 3 is 1.95 bits per heavy atom. The van der Waals surface area contributed by atoms with Gasteiger partial charge >= 0.3 is 5.97 Å². The molecule has 1 atom stereocenters. The van der Waals surface area contributed by atoms with Crippen LogP contribution in [0.3, 0.4) is 0 Å². The van der Waals surface area contributed by atoms with Crippen molar-refractivity contribution in [3.63, 3.8) is 0 Å². The van der Waals surface area contributed by atoms with Gasteiger partial charge in [0, 0.05) is 11.1 Å². The van der Waals surface area contributed by atoms with E-state index in [1.54, 1.807) is 0 Å². The van der Waals surface area contributed by atoms with Gasteiger partial charge in [0.25, 0.3) is 0 Å². The van der Waals surface area contributed by atoms with Crippen LogP contribution in [-0.2, 0) is 4.79 Å². The lowest BCUT2D eigenvalue weighted by Crippen LogP contribution is -2.57. The predicted octanol–water partition coefficient (Wildman–Crippen LogP) is 4.85. The smallest absolute Gasteiger partial charge is 0.306 e. The molecule has 1 heterocycles. The van der Waals surface area contributed by atoms with Crippen molar-refractivity contribution in [2.45, 2.75) is 98.1 Å². The monoisotopic (exact) mass is 299 g/mol. The number of aliphatic carboxylic acids is 1. The second-order valence-corrected chi connectivity index (χ2v) is 7.99. The minimum Gasteiger partial charge on any atom is -0.481 e. The summed E-state index contributed by atoms with van der Waals surface area (Å²) in [5.74, 6) is 0.108. The van der Waals surface area contributed by atoms with Crippen LogP contribution in [0.15, 0.2) is 0 Å². The number of rotatable bonds is 5. The molecular weight excluding hydrogens is 262 g/mol. The van der Waals surface area contributed by atoms with E-state index >= 15 is 0 Å². The van der Waals surface area contributed by atoms with Crippen molar-refractivity contribution >= 4 is 5.97 Å². The quantitative estimate of drug-likeness (QED) is 0.763. The highest BCUT2D eigenvalue weighted by Crippen LogP contribution is 2.31. The molecule has 0 aromatic carbocycles. The Balaban J connectivity index is 0.000000384. The average molecular weight is 299 g/mol. The molecule has 0 saturated carbocycles. The largest absolute Gasteiger partial charge is 0.481 e. The fraction of sp³-hybridized carbons (Fsp3) is 0.944. The van der Waals surface area contributed by atoms with Gasteiger partial charge in [0.1, 0.15) is 0 Å². The van der Waals surface area contributed by atoms with E-state index in [9.17, 15) is 4.79 Å². The molecule has 0 aromatic heterocycles. The molecule has 0 spiro atoms. The van der Waals surface area contributed by atoms with Gasteiger partial charge in [0.2, 0.25) is 0 Å². The Kier molecular flexibility index (Phi) is 8.53. The summed E-state index contributed by atoms with van der Waals surface area (Å²) in [6.07, 6.45) is 6.32. The third kappa shape index (κ3) is 9.13. The van der Waals surface area contributed by atoms with Gasteiger partial charge in [-0.1, -0.05) is 33.6 Å². The van der Waals surface area contributed by atoms with E-state index in [1.807, 2.05) is 6.92 Å². The van der Waals surface area contributed by atoms with E-state index in [1.165, 1.54) is 12.8 Å². The van der Waals surface area contributed by atoms with Gasteiger partial charge < -0.3 is 10.4 Å². The maximum atomic E-state index is 10.4. The Morgan fingerprint density at radius 1 is 1.19 bits per heavy atom. The summed E-state index contributed by atoms with van der Waals surface area (Å²) in [5, 5.41) is 12.3. The van der Waals surface area contributed by atoms with Gasteiger partial charge in [-0.3, -0.25) is 4.79 Å². The van der Waals surface area contributed by atoms with E-state index in [0.29, 0.717) is 11.1 Å². The minimum atomic E-state index is -0.643.